The van der Waals surface area contributed by atoms with Crippen LogP contribution in [0.15, 0.2) is 48.9 Å². The lowest BCUT2D eigenvalue weighted by Gasteiger charge is -1.99. The molecular formula is C15H19N3O2. The molecule has 0 aliphatic rings. The van der Waals surface area contributed by atoms with Crippen molar-refractivity contribution >= 4 is 11.2 Å². The minimum Gasteiger partial charge on any atom is -0.306 e. The molecule has 5 heteroatoms. The number of allylic oxidation sites excluding steroid dienone is 3. The van der Waals surface area contributed by atoms with Gasteiger partial charge in [0.25, 0.3) is 5.70 Å². The second-order valence-electron chi connectivity index (χ2n) is 3.77. The lowest BCUT2D eigenvalue weighted by molar-refractivity contribution is -0.426. The van der Waals surface area contributed by atoms with Gasteiger partial charge in [0, 0.05) is 18.8 Å². The van der Waals surface area contributed by atoms with Gasteiger partial charge in [-0.15, -0.1) is 0 Å². The monoisotopic (exact) mass is 273 g/mol. The van der Waals surface area contributed by atoms with Gasteiger partial charge in [0.05, 0.1) is 16.2 Å². The van der Waals surface area contributed by atoms with Crippen molar-refractivity contribution in [1.82, 2.24) is 9.38 Å². The summed E-state index contributed by atoms with van der Waals surface area (Å²) in [6.45, 7) is 9.39. The van der Waals surface area contributed by atoms with E-state index < -0.39 is 0 Å². The van der Waals surface area contributed by atoms with Crippen molar-refractivity contribution in [3.63, 3.8) is 0 Å². The molecule has 0 fully saturated rings. The minimum absolute atomic E-state index is 0.133. The first-order valence-electron chi connectivity index (χ1n) is 6.61. The number of nitrogens with zero attached hydrogens (tertiary/aromatic N) is 3. The Balaban J connectivity index is 0.000000956. The van der Waals surface area contributed by atoms with Crippen LogP contribution in [0.2, 0.25) is 0 Å². The third kappa shape index (κ3) is 3.12. The van der Waals surface area contributed by atoms with Crippen LogP contribution in [-0.2, 0) is 0 Å². The van der Waals surface area contributed by atoms with E-state index in [1.165, 1.54) is 6.08 Å². The Hall–Kier alpha value is -2.43. The summed E-state index contributed by atoms with van der Waals surface area (Å²) in [5.74, 6) is 0. The van der Waals surface area contributed by atoms with E-state index in [0.29, 0.717) is 17.7 Å². The van der Waals surface area contributed by atoms with Gasteiger partial charge in [0.15, 0.2) is 0 Å². The molecule has 0 N–H and O–H groups in total. The van der Waals surface area contributed by atoms with Crippen LogP contribution in [0.1, 0.15) is 32.9 Å². The third-order valence-electron chi connectivity index (χ3n) is 2.71. The first-order valence-corrected chi connectivity index (χ1v) is 6.61. The van der Waals surface area contributed by atoms with Crippen LogP contribution in [0, 0.1) is 10.1 Å². The van der Waals surface area contributed by atoms with E-state index >= 15 is 0 Å². The average molecular weight is 273 g/mol. The van der Waals surface area contributed by atoms with Crippen molar-refractivity contribution in [3.8, 4) is 0 Å². The number of pyridine rings is 1. The predicted molar refractivity (Wildman–Crippen MR) is 80.9 cm³/mol. The number of imidazole rings is 1. The molecule has 2 aromatic heterocycles. The molecule has 0 aliphatic carbocycles. The fourth-order valence-electron chi connectivity index (χ4n) is 1.85. The van der Waals surface area contributed by atoms with Gasteiger partial charge >= 0.3 is 0 Å². The zero-order valence-corrected chi connectivity index (χ0v) is 12.0. The molecule has 0 amide bonds. The second kappa shape index (κ2) is 7.23. The normalized spacial score (nSPS) is 11.3. The van der Waals surface area contributed by atoms with E-state index in [1.807, 2.05) is 42.6 Å². The van der Waals surface area contributed by atoms with Crippen molar-refractivity contribution < 1.29 is 4.92 Å². The second-order valence-corrected chi connectivity index (χ2v) is 3.77. The number of aromatic nitrogens is 2. The summed E-state index contributed by atoms with van der Waals surface area (Å²) in [7, 11) is 0. The van der Waals surface area contributed by atoms with Crippen molar-refractivity contribution in [1.29, 1.82) is 0 Å². The Labute approximate surface area is 118 Å². The van der Waals surface area contributed by atoms with E-state index in [2.05, 4.69) is 11.6 Å². The fourth-order valence-corrected chi connectivity index (χ4v) is 1.85. The average Bonchev–Trinajstić information content (AvgIpc) is 2.89. The molecule has 5 nitrogen and oxygen atoms in total. The van der Waals surface area contributed by atoms with Gasteiger partial charge in [-0.1, -0.05) is 39.5 Å². The van der Waals surface area contributed by atoms with Gasteiger partial charge in [-0.3, -0.25) is 10.1 Å². The highest BCUT2D eigenvalue weighted by atomic mass is 16.6. The molecule has 0 spiro atoms. The van der Waals surface area contributed by atoms with E-state index in [1.54, 1.807) is 13.1 Å². The quantitative estimate of drug-likeness (QED) is 0.481. The molecule has 0 saturated heterocycles. The first-order chi connectivity index (χ1) is 9.67. The Morgan fingerprint density at radius 1 is 1.50 bits per heavy atom. The summed E-state index contributed by atoms with van der Waals surface area (Å²) in [6.07, 6.45) is 5.45. The zero-order valence-electron chi connectivity index (χ0n) is 12.0. The molecule has 0 aromatic carbocycles. The number of hydrogen-bond acceptors (Lipinski definition) is 3. The maximum Gasteiger partial charge on any atom is 0.255 e. The highest BCUT2D eigenvalue weighted by molar-refractivity contribution is 5.73. The maximum atomic E-state index is 11.0. The molecule has 2 rings (SSSR count). The lowest BCUT2D eigenvalue weighted by atomic mass is 10.1. The van der Waals surface area contributed by atoms with Crippen LogP contribution >= 0.6 is 0 Å². The number of hydrogen-bond donors (Lipinski definition) is 0. The topological polar surface area (TPSA) is 60.4 Å². The van der Waals surface area contributed by atoms with E-state index in [0.717, 1.165) is 5.65 Å². The van der Waals surface area contributed by atoms with Crippen LogP contribution in [0.25, 0.3) is 11.2 Å². The maximum absolute atomic E-state index is 11.0. The third-order valence-corrected chi connectivity index (χ3v) is 2.71. The van der Waals surface area contributed by atoms with Crippen molar-refractivity contribution in [2.45, 2.75) is 27.2 Å². The van der Waals surface area contributed by atoms with Gasteiger partial charge in [-0.05, 0) is 12.1 Å². The van der Waals surface area contributed by atoms with Gasteiger partial charge in [-0.2, -0.15) is 0 Å². The summed E-state index contributed by atoms with van der Waals surface area (Å²) < 4.78 is 1.83. The minimum atomic E-state index is -0.374. The first kappa shape index (κ1) is 15.6. The highest BCUT2D eigenvalue weighted by Crippen LogP contribution is 2.22. The molecule has 2 heterocycles. The summed E-state index contributed by atoms with van der Waals surface area (Å²) in [4.78, 5) is 15.0. The fraction of sp³-hybridized carbons (Fsp3) is 0.267. The standard InChI is InChI=1S/C13H13N3O2.C2H6/c1-3-10(12(4-2)16(17)18)11-9-15-8-6-5-7-13(15)14-11;1-2/h3,5-9H,1,4H2,2H3;1-2H3/b12-10-;. The molecule has 106 valence electrons. The van der Waals surface area contributed by atoms with Gasteiger partial charge in [-0.25, -0.2) is 4.98 Å². The summed E-state index contributed by atoms with van der Waals surface area (Å²) in [5, 5.41) is 11.0. The predicted octanol–water partition coefficient (Wildman–Crippen LogP) is 3.94. The Bertz CT molecular complexity index is 608. The molecule has 0 atom stereocenters. The van der Waals surface area contributed by atoms with Gasteiger partial charge in [0.1, 0.15) is 5.65 Å². The number of rotatable bonds is 4. The highest BCUT2D eigenvalue weighted by Gasteiger charge is 2.17. The zero-order chi connectivity index (χ0) is 15.1. The van der Waals surface area contributed by atoms with Crippen molar-refractivity contribution in [2.75, 3.05) is 0 Å². The molecule has 0 bridgehead atoms. The largest absolute Gasteiger partial charge is 0.306 e. The number of fused-ring (bicyclic) bond motifs is 1. The molecule has 0 aliphatic heterocycles. The number of nitro groups is 1. The van der Waals surface area contributed by atoms with E-state index in [-0.39, 0.29) is 10.6 Å². The van der Waals surface area contributed by atoms with Crippen molar-refractivity contribution in [3.05, 3.63) is 64.8 Å². The lowest BCUT2D eigenvalue weighted by Crippen LogP contribution is -2.01. The van der Waals surface area contributed by atoms with Crippen LogP contribution in [-0.4, -0.2) is 14.3 Å². The molecule has 0 radical (unpaired) electrons. The van der Waals surface area contributed by atoms with Crippen LogP contribution < -0.4 is 0 Å². The van der Waals surface area contributed by atoms with Crippen LogP contribution in [0.5, 0.6) is 0 Å². The Morgan fingerprint density at radius 2 is 2.20 bits per heavy atom. The molecular weight excluding hydrogens is 254 g/mol. The summed E-state index contributed by atoms with van der Waals surface area (Å²) >= 11 is 0. The molecule has 20 heavy (non-hydrogen) atoms. The van der Waals surface area contributed by atoms with Crippen LogP contribution in [0.3, 0.4) is 0 Å². The smallest absolute Gasteiger partial charge is 0.255 e. The van der Waals surface area contributed by atoms with Gasteiger partial charge in [0.2, 0.25) is 0 Å². The van der Waals surface area contributed by atoms with Gasteiger partial charge < -0.3 is 4.40 Å². The molecule has 0 unspecified atom stereocenters. The Kier molecular flexibility index (Phi) is 5.65. The van der Waals surface area contributed by atoms with E-state index in [4.69, 9.17) is 0 Å². The van der Waals surface area contributed by atoms with Crippen molar-refractivity contribution in [2.24, 2.45) is 0 Å². The summed E-state index contributed by atoms with van der Waals surface area (Å²) in [5.41, 5.74) is 1.94. The molecule has 0 saturated carbocycles. The van der Waals surface area contributed by atoms with E-state index in [9.17, 15) is 10.1 Å². The Morgan fingerprint density at radius 3 is 2.70 bits per heavy atom. The molecule has 2 aromatic rings. The SMILES string of the molecule is C=C/C(=C(\CC)[N+](=O)[O-])c1cn2ccccc2n1.CC. The van der Waals surface area contributed by atoms with Crippen LogP contribution in [0.4, 0.5) is 0 Å². The summed E-state index contributed by atoms with van der Waals surface area (Å²) in [6, 6.07) is 5.60.